The summed E-state index contributed by atoms with van der Waals surface area (Å²) in [6, 6.07) is 6.24. The number of nitrogens with one attached hydrogen (secondary N) is 1. The van der Waals surface area contributed by atoms with Gasteiger partial charge in [0.15, 0.2) is 0 Å². The van der Waals surface area contributed by atoms with Gasteiger partial charge in [-0.05, 0) is 64.0 Å². The first kappa shape index (κ1) is 19.1. The number of aryl methyl sites for hydroxylation is 1. The van der Waals surface area contributed by atoms with Crippen LogP contribution in [-0.4, -0.2) is 47.7 Å². The van der Waals surface area contributed by atoms with E-state index >= 15 is 0 Å². The molecule has 6 heteroatoms. The van der Waals surface area contributed by atoms with Crippen LogP contribution < -0.4 is 5.32 Å². The lowest BCUT2D eigenvalue weighted by Gasteiger charge is -2.43. The predicted molar refractivity (Wildman–Crippen MR) is 104 cm³/mol. The van der Waals surface area contributed by atoms with Gasteiger partial charge in [0.2, 0.25) is 0 Å². The van der Waals surface area contributed by atoms with Crippen LogP contribution in [0, 0.1) is 17.0 Å². The Balaban J connectivity index is 1.54. The minimum atomic E-state index is -0.300. The number of nitro benzene ring substituents is 1. The fourth-order valence-corrected chi connectivity index (χ4v) is 4.34. The van der Waals surface area contributed by atoms with Crippen LogP contribution in [0.15, 0.2) is 18.2 Å². The average molecular weight is 361 g/mol. The Morgan fingerprint density at radius 1 is 1.23 bits per heavy atom. The Morgan fingerprint density at radius 3 is 2.46 bits per heavy atom. The second kappa shape index (κ2) is 7.92. The number of hydrogen-bond acceptors (Lipinski definition) is 5. The van der Waals surface area contributed by atoms with E-state index in [-0.39, 0.29) is 16.2 Å². The van der Waals surface area contributed by atoms with E-state index in [4.69, 9.17) is 4.74 Å². The zero-order valence-corrected chi connectivity index (χ0v) is 16.2. The normalized spacial score (nSPS) is 28.0. The van der Waals surface area contributed by atoms with Gasteiger partial charge in [-0.3, -0.25) is 10.1 Å². The highest BCUT2D eigenvalue weighted by Gasteiger charge is 2.34. The lowest BCUT2D eigenvalue weighted by atomic mass is 9.82. The molecule has 1 heterocycles. The summed E-state index contributed by atoms with van der Waals surface area (Å²) < 4.78 is 5.65. The Bertz CT molecular complexity index is 633. The number of methoxy groups -OCH3 is 1. The van der Waals surface area contributed by atoms with Crippen molar-refractivity contribution in [3.8, 4) is 0 Å². The molecular formula is C20H31N3O3. The number of benzene rings is 1. The van der Waals surface area contributed by atoms with Gasteiger partial charge in [0.25, 0.3) is 5.69 Å². The van der Waals surface area contributed by atoms with E-state index in [9.17, 15) is 10.1 Å². The van der Waals surface area contributed by atoms with Crippen LogP contribution in [0.4, 0.5) is 11.4 Å². The molecule has 1 aliphatic heterocycles. The summed E-state index contributed by atoms with van der Waals surface area (Å²) in [6.45, 7) is 6.31. The second-order valence-electron chi connectivity index (χ2n) is 8.12. The van der Waals surface area contributed by atoms with Crippen LogP contribution in [-0.2, 0) is 4.74 Å². The molecule has 0 radical (unpaired) electrons. The maximum absolute atomic E-state index is 11.3. The number of piperidine rings is 1. The number of hydrogen-bond donors (Lipinski definition) is 1. The molecule has 3 rings (SSSR count). The fraction of sp³-hybridized carbons (Fsp3) is 0.700. The number of nitrogens with zero attached hydrogens (tertiary/aromatic N) is 2. The topological polar surface area (TPSA) is 67.6 Å². The summed E-state index contributed by atoms with van der Waals surface area (Å²) in [5.74, 6) is 0. The third-order valence-corrected chi connectivity index (χ3v) is 6.26. The molecule has 0 bridgehead atoms. The maximum atomic E-state index is 11.3. The lowest BCUT2D eigenvalue weighted by Crippen LogP contribution is -2.48. The second-order valence-corrected chi connectivity index (χ2v) is 8.12. The lowest BCUT2D eigenvalue weighted by molar-refractivity contribution is -0.384. The van der Waals surface area contributed by atoms with Crippen molar-refractivity contribution >= 4 is 11.4 Å². The number of nitro groups is 1. The van der Waals surface area contributed by atoms with Gasteiger partial charge in [-0.2, -0.15) is 0 Å². The van der Waals surface area contributed by atoms with E-state index in [1.54, 1.807) is 12.1 Å². The molecule has 144 valence electrons. The molecule has 1 saturated carbocycles. The van der Waals surface area contributed by atoms with Crippen LogP contribution in [0.2, 0.25) is 0 Å². The van der Waals surface area contributed by atoms with Gasteiger partial charge in [-0.1, -0.05) is 6.07 Å². The number of ether oxygens (including phenoxy) is 1. The highest BCUT2D eigenvalue weighted by Crippen LogP contribution is 2.34. The quantitative estimate of drug-likeness (QED) is 0.631. The summed E-state index contributed by atoms with van der Waals surface area (Å²) in [5, 5.41) is 14.7. The smallest absolute Gasteiger partial charge is 0.292 e. The Morgan fingerprint density at radius 2 is 1.88 bits per heavy atom. The van der Waals surface area contributed by atoms with E-state index in [2.05, 4.69) is 17.1 Å². The largest absolute Gasteiger partial charge is 0.379 e. The van der Waals surface area contributed by atoms with Crippen molar-refractivity contribution in [1.29, 1.82) is 0 Å². The number of anilines is 1. The molecule has 0 amide bonds. The molecule has 6 nitrogen and oxygen atoms in total. The fourth-order valence-electron chi connectivity index (χ4n) is 4.34. The molecule has 2 fully saturated rings. The van der Waals surface area contributed by atoms with Crippen molar-refractivity contribution in [3.05, 3.63) is 33.9 Å². The van der Waals surface area contributed by atoms with Gasteiger partial charge >= 0.3 is 0 Å². The van der Waals surface area contributed by atoms with Gasteiger partial charge in [-0.15, -0.1) is 0 Å². The summed E-state index contributed by atoms with van der Waals surface area (Å²) >= 11 is 0. The zero-order valence-electron chi connectivity index (χ0n) is 16.2. The third-order valence-electron chi connectivity index (χ3n) is 6.26. The van der Waals surface area contributed by atoms with Crippen molar-refractivity contribution in [3.63, 3.8) is 0 Å². The summed E-state index contributed by atoms with van der Waals surface area (Å²) in [6.07, 6.45) is 6.72. The molecule has 0 aromatic heterocycles. The van der Waals surface area contributed by atoms with Crippen LogP contribution >= 0.6 is 0 Å². The van der Waals surface area contributed by atoms with Crippen molar-refractivity contribution in [2.45, 2.75) is 70.1 Å². The predicted octanol–water partition coefficient (Wildman–Crippen LogP) is 4.13. The van der Waals surface area contributed by atoms with Crippen molar-refractivity contribution < 1.29 is 9.66 Å². The first-order chi connectivity index (χ1) is 12.4. The van der Waals surface area contributed by atoms with Gasteiger partial charge in [0.1, 0.15) is 5.69 Å². The van der Waals surface area contributed by atoms with Gasteiger partial charge in [-0.25, -0.2) is 0 Å². The van der Waals surface area contributed by atoms with E-state index in [0.717, 1.165) is 44.3 Å². The molecule has 0 unspecified atom stereocenters. The molecule has 1 aliphatic carbocycles. The summed E-state index contributed by atoms with van der Waals surface area (Å²) in [5.41, 5.74) is 1.92. The van der Waals surface area contributed by atoms with Gasteiger partial charge in [0, 0.05) is 38.3 Å². The van der Waals surface area contributed by atoms with E-state index in [1.807, 2.05) is 20.1 Å². The first-order valence-corrected chi connectivity index (χ1v) is 9.71. The van der Waals surface area contributed by atoms with E-state index in [1.165, 1.54) is 12.8 Å². The minimum Gasteiger partial charge on any atom is -0.379 e. The average Bonchev–Trinajstić information content (AvgIpc) is 2.63. The molecule has 1 aromatic carbocycles. The molecule has 1 N–H and O–H groups in total. The molecule has 0 atom stereocenters. The highest BCUT2D eigenvalue weighted by atomic mass is 16.6. The van der Waals surface area contributed by atoms with Crippen LogP contribution in [0.1, 0.15) is 51.0 Å². The molecule has 0 spiro atoms. The Kier molecular flexibility index (Phi) is 5.82. The standard InChI is InChI=1S/C20H31N3O3/c1-15-4-5-19(23(24)25)18(14-15)21-16-8-12-22(13-9-16)17-6-10-20(2,26-3)11-7-17/h4-5,14,16-17,21H,6-13H2,1-3H3. The Hall–Kier alpha value is -1.66. The van der Waals surface area contributed by atoms with Gasteiger partial charge < -0.3 is 15.0 Å². The number of likely N-dealkylation sites (tertiary alicyclic amines) is 1. The highest BCUT2D eigenvalue weighted by molar-refractivity contribution is 5.63. The van der Waals surface area contributed by atoms with E-state index < -0.39 is 0 Å². The van der Waals surface area contributed by atoms with Crippen molar-refractivity contribution in [2.24, 2.45) is 0 Å². The zero-order chi connectivity index (χ0) is 18.7. The van der Waals surface area contributed by atoms with Crippen LogP contribution in [0.3, 0.4) is 0 Å². The molecule has 2 aliphatic rings. The molecule has 1 aromatic rings. The molecule has 26 heavy (non-hydrogen) atoms. The van der Waals surface area contributed by atoms with Gasteiger partial charge in [0.05, 0.1) is 10.5 Å². The molecule has 1 saturated heterocycles. The van der Waals surface area contributed by atoms with Crippen molar-refractivity contribution in [1.82, 2.24) is 4.90 Å². The van der Waals surface area contributed by atoms with Crippen LogP contribution in [0.25, 0.3) is 0 Å². The monoisotopic (exact) mass is 361 g/mol. The van der Waals surface area contributed by atoms with Crippen molar-refractivity contribution in [2.75, 3.05) is 25.5 Å². The van der Waals surface area contributed by atoms with E-state index in [0.29, 0.717) is 17.8 Å². The van der Waals surface area contributed by atoms with Crippen LogP contribution in [0.5, 0.6) is 0 Å². The Labute approximate surface area is 156 Å². The number of rotatable bonds is 5. The summed E-state index contributed by atoms with van der Waals surface area (Å²) in [7, 11) is 1.82. The molecular weight excluding hydrogens is 330 g/mol. The SMILES string of the molecule is COC1(C)CCC(N2CCC(Nc3cc(C)ccc3[N+](=O)[O-])CC2)CC1. The minimum absolute atomic E-state index is 0.0560. The first-order valence-electron chi connectivity index (χ1n) is 9.71. The summed E-state index contributed by atoms with van der Waals surface area (Å²) in [4.78, 5) is 13.6. The third kappa shape index (κ3) is 4.35. The maximum Gasteiger partial charge on any atom is 0.292 e.